The topological polar surface area (TPSA) is 41.6 Å². The molecule has 0 aromatic heterocycles. The average Bonchev–Trinajstić information content (AvgIpc) is 3.04. The van der Waals surface area contributed by atoms with Crippen molar-refractivity contribution in [2.45, 2.75) is 31.9 Å². The van der Waals surface area contributed by atoms with Gasteiger partial charge in [0.05, 0.1) is 12.0 Å². The second-order valence-corrected chi connectivity index (χ2v) is 6.82. The number of hydrogen-bond donors (Lipinski definition) is 1. The zero-order chi connectivity index (χ0) is 17.1. The van der Waals surface area contributed by atoms with Crippen molar-refractivity contribution in [1.82, 2.24) is 10.2 Å². The lowest BCUT2D eigenvalue weighted by atomic mass is 9.84. The molecule has 0 spiro atoms. The number of benzene rings is 1. The van der Waals surface area contributed by atoms with Crippen molar-refractivity contribution in [2.75, 3.05) is 26.7 Å². The molecule has 2 fully saturated rings. The first kappa shape index (κ1) is 17.3. The SMILES string of the molecule is CN1CCC([C@H]2OCC[C@@H]2C(=O)NCc2ccc(F)cc2F)CC1. The van der Waals surface area contributed by atoms with Gasteiger partial charge in [-0.1, -0.05) is 6.07 Å². The number of nitrogens with one attached hydrogen (secondary N) is 1. The van der Waals surface area contributed by atoms with E-state index in [0.29, 0.717) is 24.5 Å². The maximum Gasteiger partial charge on any atom is 0.226 e. The lowest BCUT2D eigenvalue weighted by molar-refractivity contribution is -0.128. The van der Waals surface area contributed by atoms with Crippen LogP contribution in [0.25, 0.3) is 0 Å². The van der Waals surface area contributed by atoms with Crippen LogP contribution in [0.4, 0.5) is 8.78 Å². The highest BCUT2D eigenvalue weighted by molar-refractivity contribution is 5.79. The molecule has 2 aliphatic rings. The monoisotopic (exact) mass is 338 g/mol. The van der Waals surface area contributed by atoms with E-state index in [4.69, 9.17) is 4.74 Å². The molecule has 1 amide bonds. The largest absolute Gasteiger partial charge is 0.377 e. The molecule has 24 heavy (non-hydrogen) atoms. The number of rotatable bonds is 4. The van der Waals surface area contributed by atoms with Crippen molar-refractivity contribution in [3.8, 4) is 0 Å². The van der Waals surface area contributed by atoms with Crippen LogP contribution in [-0.4, -0.2) is 43.7 Å². The summed E-state index contributed by atoms with van der Waals surface area (Å²) < 4.78 is 32.4. The quantitative estimate of drug-likeness (QED) is 0.916. The van der Waals surface area contributed by atoms with Gasteiger partial charge in [0.1, 0.15) is 11.6 Å². The fourth-order valence-corrected chi connectivity index (χ4v) is 3.69. The molecule has 4 nitrogen and oxygen atoms in total. The van der Waals surface area contributed by atoms with Gasteiger partial charge in [0.15, 0.2) is 0 Å². The van der Waals surface area contributed by atoms with Gasteiger partial charge in [-0.15, -0.1) is 0 Å². The first-order valence-corrected chi connectivity index (χ1v) is 8.56. The molecule has 2 aliphatic heterocycles. The van der Waals surface area contributed by atoms with E-state index in [-0.39, 0.29) is 24.5 Å². The molecule has 2 atom stereocenters. The summed E-state index contributed by atoms with van der Waals surface area (Å²) in [7, 11) is 2.10. The number of amides is 1. The van der Waals surface area contributed by atoms with E-state index in [0.717, 1.165) is 32.0 Å². The predicted molar refractivity (Wildman–Crippen MR) is 86.3 cm³/mol. The van der Waals surface area contributed by atoms with E-state index in [1.54, 1.807) is 0 Å². The molecular weight excluding hydrogens is 314 g/mol. The maximum atomic E-state index is 13.7. The first-order valence-electron chi connectivity index (χ1n) is 8.56. The van der Waals surface area contributed by atoms with Crippen molar-refractivity contribution in [3.05, 3.63) is 35.4 Å². The van der Waals surface area contributed by atoms with E-state index in [1.807, 2.05) is 0 Å². The number of halogens is 2. The second-order valence-electron chi connectivity index (χ2n) is 6.82. The van der Waals surface area contributed by atoms with Crippen molar-refractivity contribution in [2.24, 2.45) is 11.8 Å². The number of carbonyl (C=O) groups is 1. The van der Waals surface area contributed by atoms with Crippen LogP contribution in [0.2, 0.25) is 0 Å². The molecule has 1 aromatic rings. The Morgan fingerprint density at radius 3 is 2.75 bits per heavy atom. The van der Waals surface area contributed by atoms with Gasteiger partial charge in [0.2, 0.25) is 5.91 Å². The number of carbonyl (C=O) groups excluding carboxylic acids is 1. The second kappa shape index (κ2) is 7.57. The fraction of sp³-hybridized carbons (Fsp3) is 0.611. The maximum absolute atomic E-state index is 13.7. The predicted octanol–water partition coefficient (Wildman–Crippen LogP) is 2.33. The Balaban J connectivity index is 1.57. The molecular formula is C18H24F2N2O2. The lowest BCUT2D eigenvalue weighted by Crippen LogP contribution is -2.42. The van der Waals surface area contributed by atoms with Gasteiger partial charge >= 0.3 is 0 Å². The van der Waals surface area contributed by atoms with Crippen LogP contribution in [0.15, 0.2) is 18.2 Å². The molecule has 132 valence electrons. The Hall–Kier alpha value is -1.53. The van der Waals surface area contributed by atoms with E-state index in [1.165, 1.54) is 12.1 Å². The first-order chi connectivity index (χ1) is 11.5. The Labute approximate surface area is 141 Å². The molecule has 0 saturated carbocycles. The fourth-order valence-electron chi connectivity index (χ4n) is 3.69. The molecule has 0 radical (unpaired) electrons. The summed E-state index contributed by atoms with van der Waals surface area (Å²) >= 11 is 0. The highest BCUT2D eigenvalue weighted by Crippen LogP contribution is 2.33. The highest BCUT2D eigenvalue weighted by atomic mass is 19.1. The zero-order valence-corrected chi connectivity index (χ0v) is 13.9. The van der Waals surface area contributed by atoms with E-state index < -0.39 is 11.6 Å². The van der Waals surface area contributed by atoms with Gasteiger partial charge in [-0.2, -0.15) is 0 Å². The Morgan fingerprint density at radius 1 is 1.29 bits per heavy atom. The number of hydrogen-bond acceptors (Lipinski definition) is 3. The summed E-state index contributed by atoms with van der Waals surface area (Å²) in [4.78, 5) is 14.8. The van der Waals surface area contributed by atoms with Crippen molar-refractivity contribution in [3.63, 3.8) is 0 Å². The third-order valence-electron chi connectivity index (χ3n) is 5.17. The summed E-state index contributed by atoms with van der Waals surface area (Å²) in [6, 6.07) is 3.40. The van der Waals surface area contributed by atoms with Crippen LogP contribution in [-0.2, 0) is 16.1 Å². The van der Waals surface area contributed by atoms with Gasteiger partial charge in [-0.25, -0.2) is 8.78 Å². The molecule has 0 unspecified atom stereocenters. The Kier molecular flexibility index (Phi) is 5.46. The lowest BCUT2D eigenvalue weighted by Gasteiger charge is -2.34. The molecule has 0 aliphatic carbocycles. The number of ether oxygens (including phenoxy) is 1. The molecule has 3 rings (SSSR count). The van der Waals surface area contributed by atoms with Crippen molar-refractivity contribution < 1.29 is 18.3 Å². The minimum atomic E-state index is -0.634. The summed E-state index contributed by atoms with van der Waals surface area (Å²) in [5, 5.41) is 2.79. The van der Waals surface area contributed by atoms with Crippen LogP contribution < -0.4 is 5.32 Å². The molecule has 2 saturated heterocycles. The van der Waals surface area contributed by atoms with E-state index >= 15 is 0 Å². The molecule has 0 bridgehead atoms. The average molecular weight is 338 g/mol. The number of nitrogens with zero attached hydrogens (tertiary/aromatic N) is 1. The number of piperidine rings is 1. The standard InChI is InChI=1S/C18H24F2N2O2/c1-22-7-4-12(5-8-22)17-15(6-9-24-17)18(23)21-11-13-2-3-14(19)10-16(13)20/h2-3,10,12,15,17H,4-9,11H2,1H3,(H,21,23)/t15-,17+/m0/s1. The Morgan fingerprint density at radius 2 is 2.04 bits per heavy atom. The van der Waals surface area contributed by atoms with Crippen LogP contribution in [0.5, 0.6) is 0 Å². The third kappa shape index (κ3) is 3.92. The summed E-state index contributed by atoms with van der Waals surface area (Å²) in [5.74, 6) is -1.12. The number of likely N-dealkylation sites (tertiary alicyclic amines) is 1. The van der Waals surface area contributed by atoms with Crippen LogP contribution in [0.1, 0.15) is 24.8 Å². The molecule has 2 heterocycles. The molecule has 6 heteroatoms. The van der Waals surface area contributed by atoms with Crippen molar-refractivity contribution in [1.29, 1.82) is 0 Å². The van der Waals surface area contributed by atoms with Gasteiger partial charge < -0.3 is 15.0 Å². The Bertz CT molecular complexity index is 588. The van der Waals surface area contributed by atoms with Gasteiger partial charge in [0.25, 0.3) is 0 Å². The van der Waals surface area contributed by atoms with Crippen molar-refractivity contribution >= 4 is 5.91 Å². The third-order valence-corrected chi connectivity index (χ3v) is 5.17. The van der Waals surface area contributed by atoms with Crippen LogP contribution in [0.3, 0.4) is 0 Å². The zero-order valence-electron chi connectivity index (χ0n) is 13.9. The van der Waals surface area contributed by atoms with E-state index in [2.05, 4.69) is 17.3 Å². The normalized spacial score (nSPS) is 25.8. The molecule has 1 N–H and O–H groups in total. The molecule has 1 aromatic carbocycles. The van der Waals surface area contributed by atoms with Gasteiger partial charge in [0, 0.05) is 24.8 Å². The minimum absolute atomic E-state index is 0.0447. The van der Waals surface area contributed by atoms with E-state index in [9.17, 15) is 13.6 Å². The summed E-state index contributed by atoms with van der Waals surface area (Å²) in [6.07, 6.45) is 2.74. The smallest absolute Gasteiger partial charge is 0.226 e. The summed E-state index contributed by atoms with van der Waals surface area (Å²) in [6.45, 7) is 2.72. The van der Waals surface area contributed by atoms with Crippen LogP contribution in [0, 0.1) is 23.5 Å². The summed E-state index contributed by atoms with van der Waals surface area (Å²) in [5.41, 5.74) is 0.291. The van der Waals surface area contributed by atoms with Gasteiger partial charge in [-0.3, -0.25) is 4.79 Å². The van der Waals surface area contributed by atoms with Crippen LogP contribution >= 0.6 is 0 Å². The minimum Gasteiger partial charge on any atom is -0.377 e. The highest BCUT2D eigenvalue weighted by Gasteiger charge is 2.39. The van der Waals surface area contributed by atoms with Gasteiger partial charge in [-0.05, 0) is 51.4 Å².